The number of aryl methyl sites for hydroxylation is 1. The first-order valence-corrected chi connectivity index (χ1v) is 14.3. The van der Waals surface area contributed by atoms with Gasteiger partial charge in [-0.3, -0.25) is 0 Å². The Labute approximate surface area is 235 Å². The van der Waals surface area contributed by atoms with Gasteiger partial charge in [0.25, 0.3) is 0 Å². The molecule has 6 rings (SSSR count). The van der Waals surface area contributed by atoms with Crippen molar-refractivity contribution in [2.75, 3.05) is 23.3 Å². The summed E-state index contributed by atoms with van der Waals surface area (Å²) in [6.45, 7) is 3.87. The summed E-state index contributed by atoms with van der Waals surface area (Å²) in [5.74, 6) is 2.10. The van der Waals surface area contributed by atoms with Crippen molar-refractivity contribution < 1.29 is 4.52 Å². The Hall–Kier alpha value is -4.22. The van der Waals surface area contributed by atoms with Crippen LogP contribution in [0.5, 0.6) is 0 Å². The molecule has 1 saturated heterocycles. The van der Waals surface area contributed by atoms with E-state index in [1.807, 2.05) is 43.5 Å². The maximum atomic E-state index is 9.29. The number of hydrogen-bond donors (Lipinski definition) is 2. The maximum Gasteiger partial charge on any atom is 0.223 e. The van der Waals surface area contributed by atoms with Crippen LogP contribution in [0.3, 0.4) is 0 Å². The number of pyridine rings is 1. The van der Waals surface area contributed by atoms with E-state index >= 15 is 0 Å². The van der Waals surface area contributed by atoms with Crippen molar-refractivity contribution in [1.29, 1.82) is 5.26 Å². The number of nitriles is 1. The van der Waals surface area contributed by atoms with Gasteiger partial charge in [-0.2, -0.15) is 10.2 Å². The third-order valence-electron chi connectivity index (χ3n) is 8.07. The van der Waals surface area contributed by atoms with Gasteiger partial charge in [-0.05, 0) is 85.3 Å². The normalized spacial score (nSPS) is 21.1. The smallest absolute Gasteiger partial charge is 0.223 e. The third kappa shape index (κ3) is 6.00. The van der Waals surface area contributed by atoms with Gasteiger partial charge in [-0.1, -0.05) is 30.1 Å². The Kier molecular flexibility index (Phi) is 7.73. The van der Waals surface area contributed by atoms with Crippen molar-refractivity contribution in [2.24, 2.45) is 0 Å². The van der Waals surface area contributed by atoms with Crippen LogP contribution in [0.25, 0.3) is 22.5 Å². The topological polar surface area (TPSA) is 103 Å². The van der Waals surface area contributed by atoms with Crippen LogP contribution in [-0.2, 0) is 0 Å². The van der Waals surface area contributed by atoms with Gasteiger partial charge >= 0.3 is 0 Å². The first-order chi connectivity index (χ1) is 19.6. The van der Waals surface area contributed by atoms with Crippen molar-refractivity contribution in [2.45, 2.75) is 63.6 Å². The van der Waals surface area contributed by atoms with E-state index in [9.17, 15) is 5.26 Å². The Morgan fingerprint density at radius 2 is 1.75 bits per heavy atom. The molecule has 2 aromatic carbocycles. The molecule has 0 spiro atoms. The van der Waals surface area contributed by atoms with Crippen LogP contribution in [0.15, 0.2) is 71.4 Å². The fourth-order valence-corrected chi connectivity index (χ4v) is 6.04. The molecule has 2 fully saturated rings. The van der Waals surface area contributed by atoms with Crippen LogP contribution in [0.1, 0.15) is 50.0 Å². The molecule has 0 radical (unpaired) electrons. The highest BCUT2D eigenvalue weighted by atomic mass is 16.5. The van der Waals surface area contributed by atoms with E-state index in [1.54, 1.807) is 0 Å². The second-order valence-electron chi connectivity index (χ2n) is 10.9. The molecule has 1 saturated carbocycles. The van der Waals surface area contributed by atoms with Crippen LogP contribution in [-0.4, -0.2) is 46.3 Å². The molecular weight excluding hydrogens is 498 g/mol. The second kappa shape index (κ2) is 11.9. The Bertz CT molecular complexity index is 1480. The number of hydrogen-bond acceptors (Lipinski definition) is 8. The molecule has 0 amide bonds. The Morgan fingerprint density at radius 1 is 0.925 bits per heavy atom. The molecule has 1 aliphatic carbocycles. The first kappa shape index (κ1) is 26.0. The zero-order chi connectivity index (χ0) is 27.3. The van der Waals surface area contributed by atoms with Crippen LogP contribution in [0.2, 0.25) is 0 Å². The average Bonchev–Trinajstić information content (AvgIpc) is 3.45. The minimum absolute atomic E-state index is 0.329. The number of nitrogens with zero attached hydrogens (tertiary/aromatic N) is 5. The van der Waals surface area contributed by atoms with Gasteiger partial charge in [0.1, 0.15) is 5.82 Å². The molecule has 2 N–H and O–H groups in total. The molecule has 0 bridgehead atoms. The van der Waals surface area contributed by atoms with Crippen molar-refractivity contribution in [3.63, 3.8) is 0 Å². The van der Waals surface area contributed by atoms with Gasteiger partial charge in [0.15, 0.2) is 0 Å². The highest BCUT2D eigenvalue weighted by Crippen LogP contribution is 2.28. The Balaban J connectivity index is 1.10. The first-order valence-electron chi connectivity index (χ1n) is 14.3. The average molecular weight is 534 g/mol. The maximum absolute atomic E-state index is 9.29. The second-order valence-corrected chi connectivity index (χ2v) is 10.9. The van der Waals surface area contributed by atoms with E-state index in [1.165, 1.54) is 31.4 Å². The summed E-state index contributed by atoms with van der Waals surface area (Å²) in [5.41, 5.74) is 4.97. The Morgan fingerprint density at radius 3 is 2.55 bits per heavy atom. The molecular formula is C32H35N7O. The lowest BCUT2D eigenvalue weighted by Gasteiger charge is -2.40. The molecule has 2 aromatic heterocycles. The van der Waals surface area contributed by atoms with Crippen LogP contribution in [0.4, 0.5) is 11.5 Å². The predicted molar refractivity (Wildman–Crippen MR) is 157 cm³/mol. The van der Waals surface area contributed by atoms with Crippen LogP contribution < -0.4 is 15.5 Å². The number of nitrogens with one attached hydrogen (secondary N) is 2. The van der Waals surface area contributed by atoms with E-state index in [2.05, 4.69) is 67.1 Å². The summed E-state index contributed by atoms with van der Waals surface area (Å²) in [4.78, 5) is 11.5. The number of rotatable bonds is 7. The molecule has 4 aromatic rings. The lowest BCUT2D eigenvalue weighted by atomic mass is 9.89. The summed E-state index contributed by atoms with van der Waals surface area (Å²) in [6.07, 6.45) is 8.97. The lowest BCUT2D eigenvalue weighted by Crippen LogP contribution is -2.54. The number of anilines is 2. The summed E-state index contributed by atoms with van der Waals surface area (Å²) >= 11 is 0. The molecule has 2 aliphatic rings. The summed E-state index contributed by atoms with van der Waals surface area (Å²) < 4.78 is 5.13. The quantitative estimate of drug-likeness (QED) is 0.300. The fourth-order valence-electron chi connectivity index (χ4n) is 6.04. The van der Waals surface area contributed by atoms with Gasteiger partial charge in [-0.25, -0.2) is 4.98 Å². The van der Waals surface area contributed by atoms with E-state index in [0.717, 1.165) is 48.4 Å². The number of aromatic nitrogens is 3. The zero-order valence-corrected chi connectivity index (χ0v) is 22.9. The van der Waals surface area contributed by atoms with Gasteiger partial charge in [0, 0.05) is 55.6 Å². The lowest BCUT2D eigenvalue weighted by molar-refractivity contribution is 0.293. The fraction of sp³-hybridized carbons (Fsp3) is 0.375. The van der Waals surface area contributed by atoms with Gasteiger partial charge in [0.2, 0.25) is 11.7 Å². The number of piperidine rings is 1. The molecule has 204 valence electrons. The molecule has 3 heterocycles. The van der Waals surface area contributed by atoms with Gasteiger partial charge in [-0.15, -0.1) is 0 Å². The summed E-state index contributed by atoms with van der Waals surface area (Å²) in [7, 11) is 0. The van der Waals surface area contributed by atoms with Crippen molar-refractivity contribution >= 4 is 11.5 Å². The largest absolute Gasteiger partial charge is 0.370 e. The van der Waals surface area contributed by atoms with Crippen molar-refractivity contribution in [1.82, 2.24) is 20.4 Å². The van der Waals surface area contributed by atoms with Crippen LogP contribution in [0, 0.1) is 18.3 Å². The van der Waals surface area contributed by atoms with E-state index in [-0.39, 0.29) is 0 Å². The molecule has 8 heteroatoms. The van der Waals surface area contributed by atoms with E-state index in [4.69, 9.17) is 4.52 Å². The predicted octanol–water partition coefficient (Wildman–Crippen LogP) is 5.96. The SMILES string of the molecule is Cc1nc(-c2ccc(N3CCC[C@H](N[C@@H]4CCCC[C@H]4Nc4cc(-c5cccc(C#N)c5)ccn4)C3)cc2)no1. The standard InChI is InChI=1S/C32H35N7O/c1-22-35-32(38-40-22)24-11-13-28(14-12-24)39-17-5-8-27(21-39)36-29-9-2-3-10-30(29)37-31-19-26(15-16-34-31)25-7-4-6-23(18-25)20-33/h4,6-7,11-16,18-19,27,29-30,36H,2-3,5,8-10,17,21H2,1H3,(H,34,37)/t27-,29+,30+/m0/s1. The van der Waals surface area contributed by atoms with E-state index in [0.29, 0.717) is 35.4 Å². The summed E-state index contributed by atoms with van der Waals surface area (Å²) in [6, 6.07) is 23.7. The van der Waals surface area contributed by atoms with Crippen molar-refractivity contribution in [3.8, 4) is 28.6 Å². The zero-order valence-electron chi connectivity index (χ0n) is 22.9. The molecule has 3 atom stereocenters. The van der Waals surface area contributed by atoms with Gasteiger partial charge < -0.3 is 20.1 Å². The molecule has 1 aliphatic heterocycles. The molecule has 0 unspecified atom stereocenters. The third-order valence-corrected chi connectivity index (χ3v) is 8.07. The highest BCUT2D eigenvalue weighted by molar-refractivity contribution is 5.68. The van der Waals surface area contributed by atoms with E-state index < -0.39 is 0 Å². The monoisotopic (exact) mass is 533 g/mol. The van der Waals surface area contributed by atoms with Gasteiger partial charge in [0.05, 0.1) is 11.6 Å². The minimum atomic E-state index is 0.329. The van der Waals surface area contributed by atoms with Crippen LogP contribution >= 0.6 is 0 Å². The van der Waals surface area contributed by atoms with Crippen molar-refractivity contribution in [3.05, 3.63) is 78.3 Å². The summed E-state index contributed by atoms with van der Waals surface area (Å²) in [5, 5.41) is 21.1. The number of benzene rings is 2. The molecule has 40 heavy (non-hydrogen) atoms. The minimum Gasteiger partial charge on any atom is -0.370 e. The highest BCUT2D eigenvalue weighted by Gasteiger charge is 2.29. The molecule has 8 nitrogen and oxygen atoms in total.